The van der Waals surface area contributed by atoms with Crippen LogP contribution >= 0.6 is 11.3 Å². The van der Waals surface area contributed by atoms with Crippen LogP contribution in [0.15, 0.2) is 11.4 Å². The Bertz CT molecular complexity index is 388. The molecule has 0 radical (unpaired) electrons. The minimum Gasteiger partial charge on any atom is -0.336 e. The molecule has 1 saturated heterocycles. The molecule has 3 rings (SSSR count). The molecule has 1 N–H and O–H groups in total. The third kappa shape index (κ3) is 1.58. The predicted molar refractivity (Wildman–Crippen MR) is 59.8 cm³/mol. The number of carbonyl (C=O) groups is 1. The molecule has 1 fully saturated rings. The van der Waals surface area contributed by atoms with E-state index in [1.807, 2.05) is 11.4 Å². The van der Waals surface area contributed by atoms with Crippen LogP contribution in [0.25, 0.3) is 0 Å². The summed E-state index contributed by atoms with van der Waals surface area (Å²) in [6.45, 7) is 2.05. The van der Waals surface area contributed by atoms with E-state index < -0.39 is 0 Å². The number of thiophene rings is 1. The van der Waals surface area contributed by atoms with Crippen LogP contribution in [0, 0.1) is 0 Å². The zero-order valence-corrected chi connectivity index (χ0v) is 9.35. The van der Waals surface area contributed by atoms with Gasteiger partial charge in [0.05, 0.1) is 11.7 Å². The normalized spacial score (nSPS) is 26.4. The zero-order chi connectivity index (χ0) is 10.3. The summed E-state index contributed by atoms with van der Waals surface area (Å²) in [5.74, 6) is 0.112. The summed E-state index contributed by atoms with van der Waals surface area (Å²) in [7, 11) is 0. The van der Waals surface area contributed by atoms with E-state index in [1.54, 1.807) is 11.3 Å². The molecule has 0 bridgehead atoms. The topological polar surface area (TPSA) is 32.3 Å². The monoisotopic (exact) mass is 222 g/mol. The summed E-state index contributed by atoms with van der Waals surface area (Å²) in [5, 5.41) is 5.13. The molecule has 4 heteroatoms. The van der Waals surface area contributed by atoms with Gasteiger partial charge in [0.2, 0.25) is 0 Å². The highest BCUT2D eigenvalue weighted by Crippen LogP contribution is 2.26. The van der Waals surface area contributed by atoms with Crippen LogP contribution in [0.2, 0.25) is 0 Å². The predicted octanol–water partition coefficient (Wildman–Crippen LogP) is 1.80. The molecule has 2 aliphatic rings. The number of nitrogens with zero attached hydrogens (tertiary/aromatic N) is 1. The van der Waals surface area contributed by atoms with Crippen molar-refractivity contribution in [1.29, 1.82) is 0 Å². The van der Waals surface area contributed by atoms with Crippen LogP contribution in [0.4, 0.5) is 0 Å². The maximum atomic E-state index is 11.9. The Hall–Kier alpha value is -0.870. The summed E-state index contributed by atoms with van der Waals surface area (Å²) in [6.07, 6.45) is 3.86. The summed E-state index contributed by atoms with van der Waals surface area (Å²) in [4.78, 5) is 15.5. The van der Waals surface area contributed by atoms with E-state index in [9.17, 15) is 4.79 Å². The van der Waals surface area contributed by atoms with Crippen molar-refractivity contribution < 1.29 is 4.79 Å². The van der Waals surface area contributed by atoms with Crippen molar-refractivity contribution in [1.82, 2.24) is 10.2 Å². The quantitative estimate of drug-likeness (QED) is 0.726. The average Bonchev–Trinajstić information content (AvgIpc) is 2.64. The Morgan fingerprint density at radius 2 is 2.40 bits per heavy atom. The third-order valence-corrected chi connectivity index (χ3v) is 4.15. The molecule has 1 atom stereocenters. The molecule has 3 heterocycles. The first-order valence-corrected chi connectivity index (χ1v) is 6.34. The fraction of sp³-hybridized carbons (Fsp3) is 0.545. The van der Waals surface area contributed by atoms with Crippen LogP contribution in [-0.2, 0) is 6.54 Å². The van der Waals surface area contributed by atoms with E-state index >= 15 is 0 Å². The van der Waals surface area contributed by atoms with Gasteiger partial charge in [-0.1, -0.05) is 0 Å². The summed E-state index contributed by atoms with van der Waals surface area (Å²) < 4.78 is 0. The number of amides is 1. The number of nitrogens with one attached hydrogen (secondary N) is 1. The van der Waals surface area contributed by atoms with Gasteiger partial charge in [-0.3, -0.25) is 9.69 Å². The van der Waals surface area contributed by atoms with Gasteiger partial charge in [-0.15, -0.1) is 11.3 Å². The Morgan fingerprint density at radius 3 is 3.33 bits per heavy atom. The van der Waals surface area contributed by atoms with Gasteiger partial charge in [0.1, 0.15) is 0 Å². The Morgan fingerprint density at radius 1 is 1.47 bits per heavy atom. The SMILES string of the molecule is O=C1N[C@@H]2CCCCN2Cc2sccc21. The van der Waals surface area contributed by atoms with Gasteiger partial charge in [-0.25, -0.2) is 0 Å². The minimum atomic E-state index is 0.112. The number of piperidine rings is 1. The summed E-state index contributed by atoms with van der Waals surface area (Å²) in [6, 6.07) is 1.94. The molecule has 80 valence electrons. The van der Waals surface area contributed by atoms with Gasteiger partial charge in [0, 0.05) is 18.0 Å². The molecule has 15 heavy (non-hydrogen) atoms. The van der Waals surface area contributed by atoms with Gasteiger partial charge >= 0.3 is 0 Å². The van der Waals surface area contributed by atoms with E-state index in [0.717, 1.165) is 25.1 Å². The lowest BCUT2D eigenvalue weighted by Crippen LogP contribution is -2.48. The first-order chi connectivity index (χ1) is 7.34. The molecule has 0 aliphatic carbocycles. The van der Waals surface area contributed by atoms with Gasteiger partial charge in [-0.05, 0) is 30.7 Å². The van der Waals surface area contributed by atoms with Crippen LogP contribution in [0.5, 0.6) is 0 Å². The highest BCUT2D eigenvalue weighted by molar-refractivity contribution is 7.10. The van der Waals surface area contributed by atoms with Crippen molar-refractivity contribution in [3.05, 3.63) is 21.9 Å². The maximum Gasteiger partial charge on any atom is 0.253 e. The van der Waals surface area contributed by atoms with E-state index in [4.69, 9.17) is 0 Å². The van der Waals surface area contributed by atoms with Gasteiger partial charge in [0.25, 0.3) is 5.91 Å². The van der Waals surface area contributed by atoms with Crippen molar-refractivity contribution in [2.45, 2.75) is 32.0 Å². The third-order valence-electron chi connectivity index (χ3n) is 3.25. The minimum absolute atomic E-state index is 0.112. The Labute approximate surface area is 93.1 Å². The lowest BCUT2D eigenvalue weighted by atomic mass is 10.1. The fourth-order valence-corrected chi connectivity index (χ4v) is 3.32. The first kappa shape index (κ1) is 9.36. The molecular formula is C11H14N2OS. The lowest BCUT2D eigenvalue weighted by Gasteiger charge is -2.33. The molecule has 0 aromatic carbocycles. The molecule has 0 spiro atoms. The van der Waals surface area contributed by atoms with E-state index in [0.29, 0.717) is 0 Å². The number of carbonyl (C=O) groups excluding carboxylic acids is 1. The van der Waals surface area contributed by atoms with Crippen LogP contribution < -0.4 is 5.32 Å². The molecule has 1 aromatic rings. The highest BCUT2D eigenvalue weighted by Gasteiger charge is 2.29. The standard InChI is InChI=1S/C11H14N2OS/c14-11-8-4-6-15-9(8)7-13-5-2-1-3-10(13)12-11/h4,6,10H,1-3,5,7H2,(H,12,14)/t10-/m0/s1. The number of hydrogen-bond acceptors (Lipinski definition) is 3. The van der Waals surface area contributed by atoms with Crippen LogP contribution in [-0.4, -0.2) is 23.5 Å². The molecule has 0 saturated carbocycles. The second-order valence-corrected chi connectivity index (χ2v) is 5.21. The molecule has 1 aromatic heterocycles. The second kappa shape index (κ2) is 3.61. The maximum absolute atomic E-state index is 11.9. The number of hydrogen-bond donors (Lipinski definition) is 1. The van der Waals surface area contributed by atoms with Crippen LogP contribution in [0.3, 0.4) is 0 Å². The first-order valence-electron chi connectivity index (χ1n) is 5.46. The largest absolute Gasteiger partial charge is 0.336 e. The van der Waals surface area contributed by atoms with E-state index in [-0.39, 0.29) is 12.1 Å². The Balaban J connectivity index is 1.94. The molecule has 2 aliphatic heterocycles. The number of fused-ring (bicyclic) bond motifs is 2. The lowest BCUT2D eigenvalue weighted by molar-refractivity contribution is 0.0796. The molecule has 1 amide bonds. The van der Waals surface area contributed by atoms with Crippen molar-refractivity contribution in [3.63, 3.8) is 0 Å². The molecular weight excluding hydrogens is 208 g/mol. The van der Waals surface area contributed by atoms with Gasteiger partial charge < -0.3 is 5.32 Å². The van der Waals surface area contributed by atoms with E-state index in [2.05, 4.69) is 10.2 Å². The van der Waals surface area contributed by atoms with Crippen molar-refractivity contribution in [3.8, 4) is 0 Å². The highest BCUT2D eigenvalue weighted by atomic mass is 32.1. The summed E-state index contributed by atoms with van der Waals surface area (Å²) in [5.41, 5.74) is 0.884. The van der Waals surface area contributed by atoms with Gasteiger partial charge in [0.15, 0.2) is 0 Å². The Kier molecular flexibility index (Phi) is 2.25. The van der Waals surface area contributed by atoms with Crippen molar-refractivity contribution >= 4 is 17.2 Å². The zero-order valence-electron chi connectivity index (χ0n) is 8.53. The molecule has 3 nitrogen and oxygen atoms in total. The number of rotatable bonds is 0. The summed E-state index contributed by atoms with van der Waals surface area (Å²) >= 11 is 1.70. The van der Waals surface area contributed by atoms with Crippen LogP contribution in [0.1, 0.15) is 34.5 Å². The van der Waals surface area contributed by atoms with E-state index in [1.165, 1.54) is 17.7 Å². The van der Waals surface area contributed by atoms with Crippen molar-refractivity contribution in [2.75, 3.05) is 6.54 Å². The van der Waals surface area contributed by atoms with Crippen molar-refractivity contribution in [2.24, 2.45) is 0 Å². The average molecular weight is 222 g/mol. The van der Waals surface area contributed by atoms with Gasteiger partial charge in [-0.2, -0.15) is 0 Å². The second-order valence-electron chi connectivity index (χ2n) is 4.21. The molecule has 0 unspecified atom stereocenters. The smallest absolute Gasteiger partial charge is 0.253 e. The fourth-order valence-electron chi connectivity index (χ4n) is 2.42.